The molecule has 0 heterocycles. The minimum Gasteiger partial charge on any atom is -0.257 e. The number of anilines is 1. The zero-order chi connectivity index (χ0) is 12.2. The lowest BCUT2D eigenvalue weighted by atomic mass is 10.2. The number of rotatable bonds is 4. The van der Waals surface area contributed by atoms with E-state index >= 15 is 0 Å². The van der Waals surface area contributed by atoms with E-state index in [1.807, 2.05) is 13.0 Å². The topological polar surface area (TPSA) is 37.4 Å². The molecule has 0 atom stereocenters. The van der Waals surface area contributed by atoms with E-state index in [-0.39, 0.29) is 6.54 Å². The Hall–Kier alpha value is -1.18. The maximum absolute atomic E-state index is 11.7. The molecular weight excluding hydrogens is 246 g/mol. The van der Waals surface area contributed by atoms with Crippen LogP contribution in [0.25, 0.3) is 0 Å². The smallest absolute Gasteiger partial charge is 0.250 e. The van der Waals surface area contributed by atoms with Crippen molar-refractivity contribution < 1.29 is 8.42 Å². The number of halogens is 1. The third-order valence-electron chi connectivity index (χ3n) is 2.00. The number of alkyl halides is 1. The van der Waals surface area contributed by atoms with Gasteiger partial charge in [0.05, 0.1) is 12.2 Å². The molecule has 0 aliphatic rings. The van der Waals surface area contributed by atoms with Gasteiger partial charge in [0.1, 0.15) is 5.21 Å². The number of hydrogen-bond acceptors (Lipinski definition) is 2. The lowest BCUT2D eigenvalue weighted by Crippen LogP contribution is -2.32. The molecule has 0 saturated carbocycles. The van der Waals surface area contributed by atoms with Gasteiger partial charge in [0.25, 0.3) is 0 Å². The van der Waals surface area contributed by atoms with Crippen LogP contribution < -0.4 is 4.31 Å². The van der Waals surface area contributed by atoms with Gasteiger partial charge < -0.3 is 0 Å². The van der Waals surface area contributed by atoms with E-state index in [1.165, 1.54) is 0 Å². The van der Waals surface area contributed by atoms with Gasteiger partial charge in [-0.05, 0) is 24.6 Å². The standard InChI is InChI=1S/C11H12ClNO2S/c1-3-7-13(16(14,15)9-12)11-6-4-5-10(2)8-11/h1,4-6,8H,7,9H2,2H3. The summed E-state index contributed by atoms with van der Waals surface area (Å²) in [6.45, 7) is 1.86. The summed E-state index contributed by atoms with van der Waals surface area (Å²) in [7, 11) is -3.54. The highest BCUT2D eigenvalue weighted by atomic mass is 35.5. The minimum atomic E-state index is -3.54. The molecule has 0 saturated heterocycles. The van der Waals surface area contributed by atoms with Crippen molar-refractivity contribution in [1.29, 1.82) is 0 Å². The summed E-state index contributed by atoms with van der Waals surface area (Å²) in [4.78, 5) is 0. The van der Waals surface area contributed by atoms with E-state index < -0.39 is 15.2 Å². The molecule has 16 heavy (non-hydrogen) atoms. The molecule has 3 nitrogen and oxygen atoms in total. The minimum absolute atomic E-state index is 0.0154. The molecule has 5 heteroatoms. The maximum atomic E-state index is 11.7. The van der Waals surface area contributed by atoms with Crippen LogP contribution in [-0.4, -0.2) is 20.2 Å². The van der Waals surface area contributed by atoms with Crippen molar-refractivity contribution in [3.63, 3.8) is 0 Å². The Morgan fingerprint density at radius 3 is 2.69 bits per heavy atom. The van der Waals surface area contributed by atoms with Crippen LogP contribution in [-0.2, 0) is 10.0 Å². The number of sulfonamides is 1. The average molecular weight is 258 g/mol. The lowest BCUT2D eigenvalue weighted by Gasteiger charge is -2.21. The van der Waals surface area contributed by atoms with Crippen molar-refractivity contribution in [1.82, 2.24) is 0 Å². The Kier molecular flexibility index (Phi) is 4.22. The largest absolute Gasteiger partial charge is 0.257 e. The van der Waals surface area contributed by atoms with Gasteiger partial charge >= 0.3 is 0 Å². The van der Waals surface area contributed by atoms with Crippen LogP contribution in [0.2, 0.25) is 0 Å². The fraction of sp³-hybridized carbons (Fsp3) is 0.273. The molecule has 0 aliphatic carbocycles. The molecule has 1 aromatic rings. The zero-order valence-corrected chi connectivity index (χ0v) is 10.4. The first-order chi connectivity index (χ1) is 7.51. The summed E-state index contributed by atoms with van der Waals surface area (Å²) >= 11 is 5.42. The van der Waals surface area contributed by atoms with Crippen LogP contribution in [0, 0.1) is 19.3 Å². The van der Waals surface area contributed by atoms with E-state index in [4.69, 9.17) is 18.0 Å². The highest BCUT2D eigenvalue weighted by Gasteiger charge is 2.20. The Morgan fingerprint density at radius 1 is 1.50 bits per heavy atom. The summed E-state index contributed by atoms with van der Waals surface area (Å²) in [6, 6.07) is 7.10. The van der Waals surface area contributed by atoms with Gasteiger partial charge in [0.15, 0.2) is 0 Å². The average Bonchev–Trinajstić information content (AvgIpc) is 2.25. The third kappa shape index (κ3) is 2.91. The molecule has 0 aromatic heterocycles. The number of terminal acetylenes is 1. The number of hydrogen-bond donors (Lipinski definition) is 0. The predicted octanol–water partition coefficient (Wildman–Crippen LogP) is 1.96. The number of aryl methyl sites for hydroxylation is 1. The molecule has 0 fully saturated rings. The summed E-state index contributed by atoms with van der Waals surface area (Å²) < 4.78 is 24.5. The molecule has 0 radical (unpaired) electrons. The van der Waals surface area contributed by atoms with Gasteiger partial charge in [-0.1, -0.05) is 18.1 Å². The molecule has 86 valence electrons. The fourth-order valence-corrected chi connectivity index (χ4v) is 2.45. The third-order valence-corrected chi connectivity index (χ3v) is 4.11. The van der Waals surface area contributed by atoms with Gasteiger partial charge in [-0.15, -0.1) is 18.0 Å². The molecule has 0 amide bonds. The number of nitrogens with zero attached hydrogens (tertiary/aromatic N) is 1. The van der Waals surface area contributed by atoms with Crippen LogP contribution in [0.4, 0.5) is 5.69 Å². The first kappa shape index (κ1) is 12.9. The van der Waals surface area contributed by atoms with E-state index in [0.29, 0.717) is 5.69 Å². The molecular formula is C11H12ClNO2S. The Labute approximate surface area is 101 Å². The van der Waals surface area contributed by atoms with Gasteiger partial charge in [0, 0.05) is 0 Å². The molecule has 0 aliphatic heterocycles. The van der Waals surface area contributed by atoms with Crippen molar-refractivity contribution in [2.75, 3.05) is 16.1 Å². The molecule has 0 N–H and O–H groups in total. The van der Waals surface area contributed by atoms with E-state index in [1.54, 1.807) is 18.2 Å². The highest BCUT2D eigenvalue weighted by molar-refractivity contribution is 7.93. The second-order valence-corrected chi connectivity index (χ2v) is 5.75. The molecule has 1 rings (SSSR count). The van der Waals surface area contributed by atoms with Crippen LogP contribution >= 0.6 is 11.6 Å². The summed E-state index contributed by atoms with van der Waals surface area (Å²) in [6.07, 6.45) is 5.16. The van der Waals surface area contributed by atoms with Gasteiger partial charge in [-0.25, -0.2) is 8.42 Å². The van der Waals surface area contributed by atoms with E-state index in [0.717, 1.165) is 9.87 Å². The van der Waals surface area contributed by atoms with Crippen molar-refractivity contribution in [3.05, 3.63) is 29.8 Å². The summed E-state index contributed by atoms with van der Waals surface area (Å²) in [5.74, 6) is 2.31. The molecule has 0 bridgehead atoms. The summed E-state index contributed by atoms with van der Waals surface area (Å²) in [5.41, 5.74) is 1.50. The van der Waals surface area contributed by atoms with Crippen LogP contribution in [0.5, 0.6) is 0 Å². The van der Waals surface area contributed by atoms with Crippen molar-refractivity contribution in [2.24, 2.45) is 0 Å². The van der Waals surface area contributed by atoms with Crippen LogP contribution in [0.3, 0.4) is 0 Å². The summed E-state index contributed by atoms with van der Waals surface area (Å²) in [5, 5.41) is -0.484. The van der Waals surface area contributed by atoms with E-state index in [9.17, 15) is 8.42 Å². The zero-order valence-electron chi connectivity index (χ0n) is 8.85. The number of benzene rings is 1. The van der Waals surface area contributed by atoms with Crippen LogP contribution in [0.1, 0.15) is 5.56 Å². The maximum Gasteiger partial charge on any atom is 0.250 e. The molecule has 0 spiro atoms. The van der Waals surface area contributed by atoms with Gasteiger partial charge in [-0.2, -0.15) is 0 Å². The fourth-order valence-electron chi connectivity index (χ4n) is 1.28. The highest BCUT2D eigenvalue weighted by Crippen LogP contribution is 2.19. The van der Waals surface area contributed by atoms with E-state index in [2.05, 4.69) is 5.92 Å². The molecule has 1 aromatic carbocycles. The Bertz CT molecular complexity index is 505. The first-order valence-electron chi connectivity index (χ1n) is 4.58. The second-order valence-electron chi connectivity index (χ2n) is 3.27. The normalized spacial score (nSPS) is 10.8. The SMILES string of the molecule is C#CCN(c1cccc(C)c1)S(=O)(=O)CCl. The Morgan fingerprint density at radius 2 is 2.19 bits per heavy atom. The van der Waals surface area contributed by atoms with Crippen LogP contribution in [0.15, 0.2) is 24.3 Å². The quantitative estimate of drug-likeness (QED) is 0.611. The van der Waals surface area contributed by atoms with Crippen molar-refractivity contribution in [3.8, 4) is 12.3 Å². The second kappa shape index (κ2) is 5.24. The van der Waals surface area contributed by atoms with Gasteiger partial charge in [-0.3, -0.25) is 4.31 Å². The molecule has 0 unspecified atom stereocenters. The lowest BCUT2D eigenvalue weighted by molar-refractivity contribution is 0.597. The van der Waals surface area contributed by atoms with Crippen molar-refractivity contribution in [2.45, 2.75) is 6.92 Å². The first-order valence-corrected chi connectivity index (χ1v) is 6.72. The Balaban J connectivity index is 3.19. The predicted molar refractivity (Wildman–Crippen MR) is 67.0 cm³/mol. The van der Waals surface area contributed by atoms with Crippen molar-refractivity contribution >= 4 is 27.3 Å². The van der Waals surface area contributed by atoms with Gasteiger partial charge in [0.2, 0.25) is 10.0 Å². The monoisotopic (exact) mass is 257 g/mol.